The van der Waals surface area contributed by atoms with Gasteiger partial charge in [-0.3, -0.25) is 9.69 Å². The van der Waals surface area contributed by atoms with Gasteiger partial charge in [-0.15, -0.1) is 0 Å². The van der Waals surface area contributed by atoms with Crippen LogP contribution in [-0.2, 0) is 4.79 Å². The summed E-state index contributed by atoms with van der Waals surface area (Å²) in [7, 11) is 0. The molecular formula is C11H17F3N4O. The third kappa shape index (κ3) is 4.36. The lowest BCUT2D eigenvalue weighted by Crippen LogP contribution is -2.59. The second-order valence-electron chi connectivity index (χ2n) is 4.33. The minimum Gasteiger partial charge on any atom is -0.355 e. The normalized spacial score (nSPS) is 22.6. The number of hydrogen-bond acceptors (Lipinski definition) is 4. The molecule has 2 atom stereocenters. The van der Waals surface area contributed by atoms with Crippen molar-refractivity contribution in [1.82, 2.24) is 15.5 Å². The van der Waals surface area contributed by atoms with Crippen LogP contribution in [0, 0.1) is 17.2 Å². The Hall–Kier alpha value is -1.33. The molecule has 0 saturated carbocycles. The molecule has 0 aromatic carbocycles. The topological polar surface area (TPSA) is 68.2 Å². The zero-order valence-electron chi connectivity index (χ0n) is 10.6. The van der Waals surface area contributed by atoms with Gasteiger partial charge in [-0.1, -0.05) is 0 Å². The van der Waals surface area contributed by atoms with E-state index in [1.807, 2.05) is 0 Å². The van der Waals surface area contributed by atoms with Gasteiger partial charge in [-0.05, 0) is 6.92 Å². The molecule has 0 aromatic rings. The average Bonchev–Trinajstić information content (AvgIpc) is 2.35. The van der Waals surface area contributed by atoms with Crippen molar-refractivity contribution in [3.8, 4) is 6.07 Å². The fourth-order valence-electron chi connectivity index (χ4n) is 1.97. The van der Waals surface area contributed by atoms with E-state index in [2.05, 4.69) is 10.6 Å². The third-order valence-electron chi connectivity index (χ3n) is 2.98. The number of halogens is 3. The molecule has 1 aliphatic rings. The molecule has 1 amide bonds. The van der Waals surface area contributed by atoms with E-state index in [1.165, 1.54) is 11.0 Å². The second-order valence-corrected chi connectivity index (χ2v) is 4.33. The molecule has 2 unspecified atom stereocenters. The number of likely N-dealkylation sites (N-methyl/N-ethyl adjacent to an activating group) is 1. The number of nitriles is 1. The first-order chi connectivity index (χ1) is 8.90. The zero-order chi connectivity index (χ0) is 14.5. The van der Waals surface area contributed by atoms with Gasteiger partial charge in [0, 0.05) is 32.7 Å². The van der Waals surface area contributed by atoms with Gasteiger partial charge in [-0.25, -0.2) is 0 Å². The quantitative estimate of drug-likeness (QED) is 0.765. The lowest BCUT2D eigenvalue weighted by Gasteiger charge is -2.36. The predicted octanol–water partition coefficient (Wildman–Crippen LogP) is 0.0984. The van der Waals surface area contributed by atoms with Gasteiger partial charge in [0.25, 0.3) is 0 Å². The van der Waals surface area contributed by atoms with Crippen molar-refractivity contribution in [3.63, 3.8) is 0 Å². The van der Waals surface area contributed by atoms with Gasteiger partial charge < -0.3 is 10.6 Å². The van der Waals surface area contributed by atoms with Crippen LogP contribution < -0.4 is 10.6 Å². The highest BCUT2D eigenvalue weighted by atomic mass is 19.4. The summed E-state index contributed by atoms with van der Waals surface area (Å²) >= 11 is 0. The monoisotopic (exact) mass is 278 g/mol. The number of piperazine rings is 1. The van der Waals surface area contributed by atoms with Crippen molar-refractivity contribution in [3.05, 3.63) is 0 Å². The van der Waals surface area contributed by atoms with E-state index in [9.17, 15) is 18.0 Å². The highest BCUT2D eigenvalue weighted by Crippen LogP contribution is 2.27. The van der Waals surface area contributed by atoms with E-state index in [0.29, 0.717) is 26.2 Å². The molecule has 0 spiro atoms. The van der Waals surface area contributed by atoms with E-state index in [-0.39, 0.29) is 5.91 Å². The van der Waals surface area contributed by atoms with E-state index < -0.39 is 24.7 Å². The van der Waals surface area contributed by atoms with Crippen LogP contribution in [0.5, 0.6) is 0 Å². The summed E-state index contributed by atoms with van der Waals surface area (Å²) in [6.45, 7) is 2.81. The Bertz CT molecular complexity index is 353. The number of nitrogens with one attached hydrogen (secondary N) is 2. The summed E-state index contributed by atoms with van der Waals surface area (Å²) in [4.78, 5) is 13.2. The molecule has 1 rings (SSSR count). The summed E-state index contributed by atoms with van der Waals surface area (Å²) in [6.07, 6.45) is -4.56. The van der Waals surface area contributed by atoms with Crippen molar-refractivity contribution in [2.45, 2.75) is 19.1 Å². The SMILES string of the molecule is CCNC(=O)C1CNCCN1CC(C#N)C(F)(F)F. The van der Waals surface area contributed by atoms with Crippen molar-refractivity contribution in [2.24, 2.45) is 5.92 Å². The summed E-state index contributed by atoms with van der Waals surface area (Å²) in [5.74, 6) is -2.38. The molecule has 2 N–H and O–H groups in total. The predicted molar refractivity (Wildman–Crippen MR) is 62.1 cm³/mol. The summed E-state index contributed by atoms with van der Waals surface area (Å²) in [6, 6.07) is 0.602. The zero-order valence-corrected chi connectivity index (χ0v) is 10.6. The maximum absolute atomic E-state index is 12.6. The lowest BCUT2D eigenvalue weighted by atomic mass is 10.1. The number of rotatable bonds is 4. The van der Waals surface area contributed by atoms with Gasteiger partial charge in [-0.2, -0.15) is 18.4 Å². The highest BCUT2D eigenvalue weighted by Gasteiger charge is 2.42. The number of carbonyl (C=O) groups excluding carboxylic acids is 1. The first-order valence-corrected chi connectivity index (χ1v) is 6.09. The van der Waals surface area contributed by atoms with Crippen LogP contribution in [0.1, 0.15) is 6.92 Å². The molecule has 19 heavy (non-hydrogen) atoms. The molecule has 5 nitrogen and oxygen atoms in total. The Morgan fingerprint density at radius 1 is 1.63 bits per heavy atom. The largest absolute Gasteiger partial charge is 0.405 e. The van der Waals surface area contributed by atoms with Gasteiger partial charge >= 0.3 is 6.18 Å². The Morgan fingerprint density at radius 2 is 2.32 bits per heavy atom. The smallest absolute Gasteiger partial charge is 0.355 e. The second kappa shape index (κ2) is 6.73. The highest BCUT2D eigenvalue weighted by molar-refractivity contribution is 5.82. The van der Waals surface area contributed by atoms with Crippen molar-refractivity contribution in [1.29, 1.82) is 5.26 Å². The molecule has 0 radical (unpaired) electrons. The van der Waals surface area contributed by atoms with Crippen molar-refractivity contribution in [2.75, 3.05) is 32.7 Å². The van der Waals surface area contributed by atoms with E-state index in [4.69, 9.17) is 5.26 Å². The molecular weight excluding hydrogens is 261 g/mol. The maximum Gasteiger partial charge on any atom is 0.405 e. The van der Waals surface area contributed by atoms with Crippen molar-refractivity contribution >= 4 is 5.91 Å². The van der Waals surface area contributed by atoms with E-state index >= 15 is 0 Å². The molecule has 0 aromatic heterocycles. The minimum atomic E-state index is -4.56. The van der Waals surface area contributed by atoms with Crippen LogP contribution in [-0.4, -0.2) is 55.7 Å². The molecule has 1 fully saturated rings. The van der Waals surface area contributed by atoms with Gasteiger partial charge in [0.2, 0.25) is 5.91 Å². The number of alkyl halides is 3. The van der Waals surface area contributed by atoms with Crippen LogP contribution in [0.25, 0.3) is 0 Å². The van der Waals surface area contributed by atoms with Crippen LogP contribution in [0.15, 0.2) is 0 Å². The van der Waals surface area contributed by atoms with E-state index in [1.54, 1.807) is 6.92 Å². The molecule has 1 saturated heterocycles. The minimum absolute atomic E-state index is 0.293. The van der Waals surface area contributed by atoms with Gasteiger partial charge in [0.05, 0.1) is 6.07 Å². The van der Waals surface area contributed by atoms with E-state index in [0.717, 1.165) is 0 Å². The number of carbonyl (C=O) groups is 1. The Balaban J connectivity index is 2.72. The Morgan fingerprint density at radius 3 is 2.84 bits per heavy atom. The summed E-state index contributed by atoms with van der Waals surface area (Å²) in [5, 5.41) is 14.2. The first-order valence-electron chi connectivity index (χ1n) is 6.09. The summed E-state index contributed by atoms with van der Waals surface area (Å²) < 4.78 is 37.8. The first kappa shape index (κ1) is 15.7. The molecule has 8 heteroatoms. The fourth-order valence-corrected chi connectivity index (χ4v) is 1.97. The number of amides is 1. The van der Waals surface area contributed by atoms with Gasteiger partial charge in [0.15, 0.2) is 5.92 Å². The fraction of sp³-hybridized carbons (Fsp3) is 0.818. The molecule has 1 heterocycles. The van der Waals surface area contributed by atoms with Crippen LogP contribution in [0.2, 0.25) is 0 Å². The molecule has 1 aliphatic heterocycles. The summed E-state index contributed by atoms with van der Waals surface area (Å²) in [5.41, 5.74) is 0. The Labute approximate surface area is 109 Å². The number of nitrogens with zero attached hydrogens (tertiary/aromatic N) is 2. The van der Waals surface area contributed by atoms with Gasteiger partial charge in [0.1, 0.15) is 6.04 Å². The number of hydrogen-bond donors (Lipinski definition) is 2. The Kier molecular flexibility index (Phi) is 5.57. The van der Waals surface area contributed by atoms with Crippen LogP contribution in [0.3, 0.4) is 0 Å². The molecule has 0 bridgehead atoms. The molecule has 108 valence electrons. The maximum atomic E-state index is 12.6. The van der Waals surface area contributed by atoms with Crippen LogP contribution in [0.4, 0.5) is 13.2 Å². The standard InChI is InChI=1S/C11H17F3N4O/c1-2-17-10(19)9-6-16-3-4-18(9)7-8(5-15)11(12,13)14/h8-9,16H,2-4,6-7H2,1H3,(H,17,19). The molecule has 0 aliphatic carbocycles. The average molecular weight is 278 g/mol. The van der Waals surface area contributed by atoms with Crippen LogP contribution >= 0.6 is 0 Å². The lowest BCUT2D eigenvalue weighted by molar-refractivity contribution is -0.166. The van der Waals surface area contributed by atoms with Crippen molar-refractivity contribution < 1.29 is 18.0 Å². The third-order valence-corrected chi connectivity index (χ3v) is 2.98.